The van der Waals surface area contributed by atoms with Crippen molar-refractivity contribution in [3.63, 3.8) is 0 Å². The van der Waals surface area contributed by atoms with E-state index in [2.05, 4.69) is 15.2 Å². The van der Waals surface area contributed by atoms with E-state index in [9.17, 15) is 14.5 Å². The second-order valence-corrected chi connectivity index (χ2v) is 6.68. The molecule has 9 heteroatoms. The van der Waals surface area contributed by atoms with E-state index < -0.39 is 10.7 Å². The third kappa shape index (κ3) is 2.95. The predicted molar refractivity (Wildman–Crippen MR) is 101 cm³/mol. The molecule has 8 nitrogen and oxygen atoms in total. The Labute approximate surface area is 160 Å². The first kappa shape index (κ1) is 17.9. The van der Waals surface area contributed by atoms with Crippen LogP contribution in [0.4, 0.5) is 10.1 Å². The average Bonchev–Trinajstić information content (AvgIpc) is 2.96. The molecule has 0 spiro atoms. The van der Waals surface area contributed by atoms with Crippen LogP contribution in [0.5, 0.6) is 0 Å². The average molecular weight is 380 g/mol. The van der Waals surface area contributed by atoms with E-state index in [4.69, 9.17) is 0 Å². The van der Waals surface area contributed by atoms with Crippen molar-refractivity contribution >= 4 is 11.4 Å². The Balaban J connectivity index is 2.03. The van der Waals surface area contributed by atoms with Gasteiger partial charge >= 0.3 is 0 Å². The fourth-order valence-corrected chi connectivity index (χ4v) is 3.32. The summed E-state index contributed by atoms with van der Waals surface area (Å²) < 4.78 is 16.2. The second kappa shape index (κ2) is 6.93. The summed E-state index contributed by atoms with van der Waals surface area (Å²) in [6.45, 7) is 0.573. The van der Waals surface area contributed by atoms with Gasteiger partial charge in [-0.3, -0.25) is 19.7 Å². The molecule has 0 aliphatic carbocycles. The minimum absolute atomic E-state index is 0.107. The summed E-state index contributed by atoms with van der Waals surface area (Å²) in [5, 5.41) is 20.2. The first-order valence-electron chi connectivity index (χ1n) is 8.62. The summed E-state index contributed by atoms with van der Waals surface area (Å²) in [6.07, 6.45) is 0. The van der Waals surface area contributed by atoms with Gasteiger partial charge in [0.15, 0.2) is 11.6 Å². The topological polar surface area (TPSA) is 89.5 Å². The minimum Gasteiger partial charge on any atom is -0.302 e. The molecule has 4 rings (SSSR count). The summed E-state index contributed by atoms with van der Waals surface area (Å²) in [7, 11) is 3.75. The zero-order valence-electron chi connectivity index (χ0n) is 15.3. The van der Waals surface area contributed by atoms with Gasteiger partial charge in [-0.05, 0) is 26.2 Å². The van der Waals surface area contributed by atoms with Crippen LogP contribution in [-0.2, 0) is 13.1 Å². The highest BCUT2D eigenvalue weighted by molar-refractivity contribution is 6.16. The van der Waals surface area contributed by atoms with Crippen molar-refractivity contribution in [2.75, 3.05) is 14.1 Å². The molecule has 0 saturated heterocycles. The molecule has 0 saturated carbocycles. The lowest BCUT2D eigenvalue weighted by Crippen LogP contribution is -2.17. The molecule has 0 N–H and O–H groups in total. The van der Waals surface area contributed by atoms with Gasteiger partial charge in [-0.2, -0.15) is 0 Å². The second-order valence-electron chi connectivity index (χ2n) is 6.68. The van der Waals surface area contributed by atoms with E-state index in [0.717, 1.165) is 0 Å². The predicted octanol–water partition coefficient (Wildman–Crippen LogP) is 2.73. The molecule has 0 radical (unpaired) electrons. The molecule has 0 amide bonds. The van der Waals surface area contributed by atoms with Crippen LogP contribution in [0.25, 0.3) is 5.69 Å². The number of hydrogen-bond donors (Lipinski definition) is 0. The number of fused-ring (bicyclic) bond motifs is 3. The van der Waals surface area contributed by atoms with Gasteiger partial charge < -0.3 is 4.90 Å². The van der Waals surface area contributed by atoms with Crippen molar-refractivity contribution in [1.29, 1.82) is 0 Å². The van der Waals surface area contributed by atoms with Gasteiger partial charge in [-0.25, -0.2) is 4.39 Å². The van der Waals surface area contributed by atoms with Gasteiger partial charge in [0.05, 0.1) is 17.2 Å². The maximum atomic E-state index is 14.5. The van der Waals surface area contributed by atoms with Crippen LogP contribution in [-0.4, -0.2) is 44.4 Å². The fourth-order valence-electron chi connectivity index (χ4n) is 3.32. The minimum atomic E-state index is -0.452. The van der Waals surface area contributed by atoms with Crippen LogP contribution in [0.15, 0.2) is 47.5 Å². The molecule has 1 aromatic heterocycles. The molecule has 142 valence electrons. The normalized spacial score (nSPS) is 12.9. The van der Waals surface area contributed by atoms with E-state index >= 15 is 0 Å². The number of aromatic nitrogens is 3. The van der Waals surface area contributed by atoms with Crippen LogP contribution in [0.3, 0.4) is 0 Å². The summed E-state index contributed by atoms with van der Waals surface area (Å²) in [4.78, 5) is 17.8. The Hall–Kier alpha value is -3.46. The number of hydrogen-bond acceptors (Lipinski definition) is 6. The van der Waals surface area contributed by atoms with Crippen molar-refractivity contribution in [3.8, 4) is 5.69 Å². The zero-order chi connectivity index (χ0) is 19.8. The molecule has 0 atom stereocenters. The Morgan fingerprint density at radius 3 is 2.61 bits per heavy atom. The van der Waals surface area contributed by atoms with E-state index in [1.807, 2.05) is 19.0 Å². The Morgan fingerprint density at radius 2 is 1.89 bits per heavy atom. The van der Waals surface area contributed by atoms with Gasteiger partial charge in [-0.15, -0.1) is 10.2 Å². The number of nitrogens with zero attached hydrogens (tertiary/aromatic N) is 6. The van der Waals surface area contributed by atoms with E-state index in [-0.39, 0.29) is 17.8 Å². The Morgan fingerprint density at radius 1 is 1.14 bits per heavy atom. The van der Waals surface area contributed by atoms with Crippen molar-refractivity contribution in [1.82, 2.24) is 19.7 Å². The first-order valence-corrected chi connectivity index (χ1v) is 8.62. The van der Waals surface area contributed by atoms with Gasteiger partial charge in [0.1, 0.15) is 18.0 Å². The molecular formula is C19H17FN6O2. The van der Waals surface area contributed by atoms with E-state index in [1.165, 1.54) is 12.1 Å². The number of para-hydroxylation sites is 1. The highest BCUT2D eigenvalue weighted by Crippen LogP contribution is 2.33. The molecule has 0 unspecified atom stereocenters. The number of nitro benzene ring substituents is 1. The van der Waals surface area contributed by atoms with Crippen LogP contribution < -0.4 is 0 Å². The monoisotopic (exact) mass is 380 g/mol. The van der Waals surface area contributed by atoms with Crippen LogP contribution in [0.2, 0.25) is 0 Å². The molecule has 2 aromatic carbocycles. The zero-order valence-corrected chi connectivity index (χ0v) is 15.3. The van der Waals surface area contributed by atoms with Gasteiger partial charge in [0.25, 0.3) is 5.69 Å². The quantitative estimate of drug-likeness (QED) is 0.513. The molecule has 1 aliphatic heterocycles. The SMILES string of the molecule is CN(C)Cc1nnc2n1-c1c(cccc1[N+](=O)[O-])C(c1ccccc1F)=NC2. The molecule has 0 bridgehead atoms. The molecule has 1 aliphatic rings. The Kier molecular flexibility index (Phi) is 4.44. The molecule has 2 heterocycles. The lowest BCUT2D eigenvalue weighted by atomic mass is 9.99. The van der Waals surface area contributed by atoms with Gasteiger partial charge in [0, 0.05) is 17.2 Å². The van der Waals surface area contributed by atoms with Crippen LogP contribution >= 0.6 is 0 Å². The smallest absolute Gasteiger partial charge is 0.294 e. The largest absolute Gasteiger partial charge is 0.302 e. The molecule has 0 fully saturated rings. The number of benzene rings is 2. The van der Waals surface area contributed by atoms with Gasteiger partial charge in [0.2, 0.25) is 0 Å². The van der Waals surface area contributed by atoms with Crippen molar-refractivity contribution in [3.05, 3.63) is 81.2 Å². The molecular weight excluding hydrogens is 363 g/mol. The van der Waals surface area contributed by atoms with Crippen LogP contribution in [0, 0.1) is 15.9 Å². The number of aliphatic imine (C=N–C) groups is 1. The lowest BCUT2D eigenvalue weighted by molar-refractivity contribution is -0.384. The van der Waals surface area contributed by atoms with Crippen LogP contribution in [0.1, 0.15) is 22.8 Å². The summed E-state index contributed by atoms with van der Waals surface area (Å²) >= 11 is 0. The first-order chi connectivity index (χ1) is 13.5. The summed E-state index contributed by atoms with van der Waals surface area (Å²) in [6, 6.07) is 11.0. The number of halogens is 1. The Bertz CT molecular complexity index is 1110. The summed E-state index contributed by atoms with van der Waals surface area (Å²) in [5.74, 6) is 0.587. The van der Waals surface area contributed by atoms with E-state index in [1.54, 1.807) is 34.9 Å². The van der Waals surface area contributed by atoms with Crippen molar-refractivity contribution in [2.24, 2.45) is 4.99 Å². The van der Waals surface area contributed by atoms with Gasteiger partial charge in [-0.1, -0.05) is 24.3 Å². The molecule has 28 heavy (non-hydrogen) atoms. The maximum absolute atomic E-state index is 14.5. The maximum Gasteiger partial charge on any atom is 0.294 e. The number of rotatable bonds is 4. The lowest BCUT2D eigenvalue weighted by Gasteiger charge is -2.15. The van der Waals surface area contributed by atoms with E-state index in [0.29, 0.717) is 35.2 Å². The highest BCUT2D eigenvalue weighted by Gasteiger charge is 2.30. The standard InChI is InChI=1S/C19H17FN6O2/c1-24(2)11-17-23-22-16-10-21-18(12-6-3-4-8-14(12)20)13-7-5-9-15(26(27)28)19(13)25(16)17/h3-9H,10-11H2,1-2H3. The van der Waals surface area contributed by atoms with Crippen molar-refractivity contribution < 1.29 is 9.31 Å². The van der Waals surface area contributed by atoms with Crippen molar-refractivity contribution in [2.45, 2.75) is 13.1 Å². The third-order valence-electron chi connectivity index (χ3n) is 4.45. The summed E-state index contributed by atoms with van der Waals surface area (Å²) in [5.41, 5.74) is 1.32. The fraction of sp³-hybridized carbons (Fsp3) is 0.211. The highest BCUT2D eigenvalue weighted by atomic mass is 19.1. The third-order valence-corrected chi connectivity index (χ3v) is 4.45. The molecule has 3 aromatic rings. The number of nitro groups is 1.